The van der Waals surface area contributed by atoms with Gasteiger partial charge < -0.3 is 4.90 Å². The van der Waals surface area contributed by atoms with Gasteiger partial charge in [-0.15, -0.1) is 0 Å². The molecule has 3 heteroatoms. The van der Waals surface area contributed by atoms with E-state index in [1.165, 1.54) is 25.3 Å². The van der Waals surface area contributed by atoms with E-state index in [4.69, 9.17) is 0 Å². The Labute approximate surface area is 108 Å². The number of benzene rings is 1. The maximum atomic E-state index is 13.2. The number of hydrogen-bond acceptors (Lipinski definition) is 2. The third kappa shape index (κ3) is 3.08. The maximum absolute atomic E-state index is 13.2. The SMILES string of the molecule is Cc1cc(C(C#N)CN2CCCCC2)ccc1F. The minimum absolute atomic E-state index is 0.151. The molecule has 96 valence electrons. The highest BCUT2D eigenvalue weighted by molar-refractivity contribution is 5.30. The average Bonchev–Trinajstić information content (AvgIpc) is 2.40. The van der Waals surface area contributed by atoms with Gasteiger partial charge in [-0.2, -0.15) is 5.26 Å². The summed E-state index contributed by atoms with van der Waals surface area (Å²) in [6.45, 7) is 4.67. The molecule has 0 saturated carbocycles. The molecule has 1 heterocycles. The fraction of sp³-hybridized carbons (Fsp3) is 0.533. The summed E-state index contributed by atoms with van der Waals surface area (Å²) < 4.78 is 13.2. The molecule has 1 unspecified atom stereocenters. The molecule has 0 aromatic heterocycles. The molecule has 0 aliphatic carbocycles. The molecule has 18 heavy (non-hydrogen) atoms. The molecule has 1 aliphatic heterocycles. The summed E-state index contributed by atoms with van der Waals surface area (Å²) in [6.07, 6.45) is 3.74. The smallest absolute Gasteiger partial charge is 0.126 e. The first-order valence-corrected chi connectivity index (χ1v) is 6.58. The Hall–Kier alpha value is -1.40. The zero-order valence-corrected chi connectivity index (χ0v) is 10.8. The fourth-order valence-corrected chi connectivity index (χ4v) is 2.51. The first-order valence-electron chi connectivity index (χ1n) is 6.58. The van der Waals surface area contributed by atoms with Gasteiger partial charge in [-0.05, 0) is 50.0 Å². The molecule has 1 atom stereocenters. The minimum Gasteiger partial charge on any atom is -0.302 e. The van der Waals surface area contributed by atoms with Gasteiger partial charge in [0.05, 0.1) is 12.0 Å². The van der Waals surface area contributed by atoms with Crippen molar-refractivity contribution < 1.29 is 4.39 Å². The molecule has 1 aromatic rings. The molecular formula is C15H19FN2. The van der Waals surface area contributed by atoms with Gasteiger partial charge in [0, 0.05) is 6.54 Å². The standard InChI is InChI=1S/C15H19FN2/c1-12-9-13(5-6-15(12)16)14(10-17)11-18-7-3-2-4-8-18/h5-6,9,14H,2-4,7-8,11H2,1H3. The van der Waals surface area contributed by atoms with Crippen molar-refractivity contribution in [3.8, 4) is 6.07 Å². The Kier molecular flexibility index (Phi) is 4.33. The lowest BCUT2D eigenvalue weighted by Gasteiger charge is -2.28. The van der Waals surface area contributed by atoms with Crippen molar-refractivity contribution in [3.05, 3.63) is 35.1 Å². The van der Waals surface area contributed by atoms with Crippen LogP contribution in [-0.2, 0) is 0 Å². The lowest BCUT2D eigenvalue weighted by molar-refractivity contribution is 0.225. The van der Waals surface area contributed by atoms with Crippen LogP contribution in [0.5, 0.6) is 0 Å². The van der Waals surface area contributed by atoms with Crippen LogP contribution in [-0.4, -0.2) is 24.5 Å². The first-order chi connectivity index (χ1) is 8.70. The molecule has 0 N–H and O–H groups in total. The minimum atomic E-state index is -0.201. The Morgan fingerprint density at radius 2 is 2.06 bits per heavy atom. The van der Waals surface area contributed by atoms with Gasteiger partial charge in [-0.1, -0.05) is 18.6 Å². The first kappa shape index (κ1) is 13.0. The number of nitriles is 1. The molecule has 1 saturated heterocycles. The van der Waals surface area contributed by atoms with E-state index >= 15 is 0 Å². The summed E-state index contributed by atoms with van der Waals surface area (Å²) >= 11 is 0. The monoisotopic (exact) mass is 246 g/mol. The lowest BCUT2D eigenvalue weighted by atomic mass is 9.97. The van der Waals surface area contributed by atoms with Crippen molar-refractivity contribution in [3.63, 3.8) is 0 Å². The third-order valence-corrected chi connectivity index (χ3v) is 3.63. The topological polar surface area (TPSA) is 27.0 Å². The van der Waals surface area contributed by atoms with E-state index in [0.717, 1.165) is 25.2 Å². The predicted molar refractivity (Wildman–Crippen MR) is 69.8 cm³/mol. The second-order valence-corrected chi connectivity index (χ2v) is 5.05. The normalized spacial score (nSPS) is 18.3. The van der Waals surface area contributed by atoms with E-state index in [1.54, 1.807) is 19.1 Å². The van der Waals surface area contributed by atoms with Crippen LogP contribution in [0.15, 0.2) is 18.2 Å². The second kappa shape index (κ2) is 5.97. The van der Waals surface area contributed by atoms with E-state index in [9.17, 15) is 9.65 Å². The van der Waals surface area contributed by atoms with Gasteiger partial charge in [0.1, 0.15) is 5.82 Å². The largest absolute Gasteiger partial charge is 0.302 e. The van der Waals surface area contributed by atoms with Crippen LogP contribution in [0.3, 0.4) is 0 Å². The van der Waals surface area contributed by atoms with Crippen LogP contribution in [0.25, 0.3) is 0 Å². The molecule has 0 bridgehead atoms. The summed E-state index contributed by atoms with van der Waals surface area (Å²) in [5.41, 5.74) is 1.55. The predicted octanol–water partition coefficient (Wildman–Crippen LogP) is 3.23. The van der Waals surface area contributed by atoms with Crippen LogP contribution in [0.2, 0.25) is 0 Å². The number of nitrogens with zero attached hydrogens (tertiary/aromatic N) is 2. The summed E-state index contributed by atoms with van der Waals surface area (Å²) in [4.78, 5) is 2.34. The van der Waals surface area contributed by atoms with E-state index in [1.807, 2.05) is 0 Å². The van der Waals surface area contributed by atoms with Crippen molar-refractivity contribution in [2.45, 2.75) is 32.1 Å². The maximum Gasteiger partial charge on any atom is 0.126 e. The zero-order valence-electron chi connectivity index (χ0n) is 10.8. The van der Waals surface area contributed by atoms with E-state index in [0.29, 0.717) is 5.56 Å². The van der Waals surface area contributed by atoms with Gasteiger partial charge in [0.25, 0.3) is 0 Å². The number of likely N-dealkylation sites (tertiary alicyclic amines) is 1. The number of aryl methyl sites for hydroxylation is 1. The molecule has 0 radical (unpaired) electrons. The van der Waals surface area contributed by atoms with E-state index in [2.05, 4.69) is 11.0 Å². The van der Waals surface area contributed by atoms with Gasteiger partial charge in [-0.25, -0.2) is 4.39 Å². The Morgan fingerprint density at radius 1 is 1.33 bits per heavy atom. The van der Waals surface area contributed by atoms with Crippen molar-refractivity contribution in [2.75, 3.05) is 19.6 Å². The molecular weight excluding hydrogens is 227 g/mol. The van der Waals surface area contributed by atoms with Crippen LogP contribution >= 0.6 is 0 Å². The second-order valence-electron chi connectivity index (χ2n) is 5.05. The number of hydrogen-bond donors (Lipinski definition) is 0. The van der Waals surface area contributed by atoms with Crippen LogP contribution in [0, 0.1) is 24.1 Å². The highest BCUT2D eigenvalue weighted by Crippen LogP contribution is 2.21. The number of piperidine rings is 1. The average molecular weight is 246 g/mol. The van der Waals surface area contributed by atoms with Crippen molar-refractivity contribution >= 4 is 0 Å². The molecule has 0 spiro atoms. The highest BCUT2D eigenvalue weighted by Gasteiger charge is 2.18. The Morgan fingerprint density at radius 3 is 2.67 bits per heavy atom. The fourth-order valence-electron chi connectivity index (χ4n) is 2.51. The van der Waals surface area contributed by atoms with Gasteiger partial charge >= 0.3 is 0 Å². The van der Waals surface area contributed by atoms with Gasteiger partial charge in [0.15, 0.2) is 0 Å². The lowest BCUT2D eigenvalue weighted by Crippen LogP contribution is -2.33. The van der Waals surface area contributed by atoms with Crippen LogP contribution < -0.4 is 0 Å². The van der Waals surface area contributed by atoms with E-state index in [-0.39, 0.29) is 11.7 Å². The number of rotatable bonds is 3. The van der Waals surface area contributed by atoms with Gasteiger partial charge in [-0.3, -0.25) is 0 Å². The summed E-state index contributed by atoms with van der Waals surface area (Å²) in [7, 11) is 0. The Bertz CT molecular complexity index is 444. The molecule has 2 rings (SSSR count). The van der Waals surface area contributed by atoms with Crippen molar-refractivity contribution in [1.82, 2.24) is 4.90 Å². The highest BCUT2D eigenvalue weighted by atomic mass is 19.1. The molecule has 2 nitrogen and oxygen atoms in total. The summed E-state index contributed by atoms with van der Waals surface area (Å²) in [6, 6.07) is 7.35. The molecule has 1 fully saturated rings. The molecule has 1 aromatic carbocycles. The quantitative estimate of drug-likeness (QED) is 0.818. The number of halogens is 1. The summed E-state index contributed by atoms with van der Waals surface area (Å²) in [5, 5.41) is 9.30. The summed E-state index contributed by atoms with van der Waals surface area (Å²) in [5.74, 6) is -0.351. The van der Waals surface area contributed by atoms with Crippen LogP contribution in [0.1, 0.15) is 36.3 Å². The Balaban J connectivity index is 2.07. The van der Waals surface area contributed by atoms with E-state index < -0.39 is 0 Å². The molecule has 1 aliphatic rings. The molecule has 0 amide bonds. The zero-order chi connectivity index (χ0) is 13.0. The van der Waals surface area contributed by atoms with Crippen molar-refractivity contribution in [2.24, 2.45) is 0 Å². The van der Waals surface area contributed by atoms with Gasteiger partial charge in [0.2, 0.25) is 0 Å². The third-order valence-electron chi connectivity index (χ3n) is 3.63. The van der Waals surface area contributed by atoms with Crippen LogP contribution in [0.4, 0.5) is 4.39 Å². The van der Waals surface area contributed by atoms with Crippen molar-refractivity contribution in [1.29, 1.82) is 5.26 Å².